The summed E-state index contributed by atoms with van der Waals surface area (Å²) < 4.78 is 1.30. The maximum Gasteiger partial charge on any atom is 0.287 e. The molecule has 0 amide bonds. The molecule has 2 aromatic rings. The van der Waals surface area contributed by atoms with Crippen LogP contribution in [-0.2, 0) is 13.1 Å². The number of aromatic nitrogens is 2. The second-order valence-electron chi connectivity index (χ2n) is 4.16. The van der Waals surface area contributed by atoms with Crippen molar-refractivity contribution in [1.29, 1.82) is 5.26 Å². The molecular weight excluding hydrogens is 276 g/mol. The molecule has 6 heteroatoms. The van der Waals surface area contributed by atoms with Crippen LogP contribution in [0.2, 0.25) is 5.02 Å². The fourth-order valence-electron chi connectivity index (χ4n) is 1.76. The highest BCUT2D eigenvalue weighted by molar-refractivity contribution is 6.32. The van der Waals surface area contributed by atoms with E-state index >= 15 is 0 Å². The average molecular weight is 289 g/mol. The van der Waals surface area contributed by atoms with E-state index < -0.39 is 0 Å². The van der Waals surface area contributed by atoms with Crippen molar-refractivity contribution in [3.63, 3.8) is 0 Å². The molecule has 0 radical (unpaired) electrons. The highest BCUT2D eigenvalue weighted by Crippen LogP contribution is 2.16. The Morgan fingerprint density at radius 3 is 3.00 bits per heavy atom. The van der Waals surface area contributed by atoms with E-state index in [0.717, 1.165) is 5.56 Å². The highest BCUT2D eigenvalue weighted by atomic mass is 35.5. The first-order chi connectivity index (χ1) is 9.65. The van der Waals surface area contributed by atoms with Crippen LogP contribution in [0.15, 0.2) is 35.3 Å². The minimum Gasteiger partial charge on any atom is -0.378 e. The molecule has 1 aromatic heterocycles. The molecule has 0 fully saturated rings. The van der Waals surface area contributed by atoms with Gasteiger partial charge < -0.3 is 5.32 Å². The fraction of sp³-hybridized carbons (Fsp3) is 0.214. The number of nitrogens with one attached hydrogen (secondary N) is 1. The molecule has 0 atom stereocenters. The van der Waals surface area contributed by atoms with Gasteiger partial charge in [0.15, 0.2) is 0 Å². The van der Waals surface area contributed by atoms with Gasteiger partial charge >= 0.3 is 0 Å². The molecule has 0 saturated heterocycles. The van der Waals surface area contributed by atoms with Crippen molar-refractivity contribution in [3.05, 3.63) is 57.0 Å². The zero-order valence-corrected chi connectivity index (χ0v) is 11.7. The molecular formula is C14H13ClN4O. The van der Waals surface area contributed by atoms with Gasteiger partial charge in [0.25, 0.3) is 5.56 Å². The molecule has 0 saturated carbocycles. The zero-order valence-electron chi connectivity index (χ0n) is 10.9. The van der Waals surface area contributed by atoms with Crippen LogP contribution >= 0.6 is 11.6 Å². The van der Waals surface area contributed by atoms with Gasteiger partial charge in [-0.3, -0.25) is 4.79 Å². The van der Waals surface area contributed by atoms with Crippen LogP contribution in [0, 0.1) is 11.3 Å². The van der Waals surface area contributed by atoms with Gasteiger partial charge in [-0.2, -0.15) is 10.4 Å². The number of hydrogen-bond donors (Lipinski definition) is 1. The quantitative estimate of drug-likeness (QED) is 0.938. The second-order valence-corrected chi connectivity index (χ2v) is 4.54. The van der Waals surface area contributed by atoms with Gasteiger partial charge in [0.2, 0.25) is 0 Å². The largest absolute Gasteiger partial charge is 0.378 e. The van der Waals surface area contributed by atoms with Gasteiger partial charge in [-0.1, -0.05) is 23.7 Å². The predicted molar refractivity (Wildman–Crippen MR) is 77.7 cm³/mol. The molecule has 1 N–H and O–H groups in total. The van der Waals surface area contributed by atoms with E-state index in [0.29, 0.717) is 24.3 Å². The van der Waals surface area contributed by atoms with Crippen molar-refractivity contribution in [2.45, 2.75) is 20.0 Å². The van der Waals surface area contributed by atoms with Gasteiger partial charge in [0.1, 0.15) is 5.02 Å². The monoisotopic (exact) mass is 288 g/mol. The molecule has 0 aliphatic carbocycles. The second kappa shape index (κ2) is 6.22. The van der Waals surface area contributed by atoms with Crippen LogP contribution in [0.25, 0.3) is 0 Å². The van der Waals surface area contributed by atoms with Crippen LogP contribution in [0.3, 0.4) is 0 Å². The van der Waals surface area contributed by atoms with E-state index in [2.05, 4.69) is 16.5 Å². The lowest BCUT2D eigenvalue weighted by molar-refractivity contribution is 0.616. The lowest BCUT2D eigenvalue weighted by Gasteiger charge is -2.09. The van der Waals surface area contributed by atoms with Gasteiger partial charge in [-0.15, -0.1) is 0 Å². The Morgan fingerprint density at radius 1 is 1.50 bits per heavy atom. The van der Waals surface area contributed by atoms with E-state index in [1.165, 1.54) is 10.9 Å². The number of rotatable bonds is 4. The van der Waals surface area contributed by atoms with Crippen LogP contribution < -0.4 is 10.9 Å². The molecule has 1 heterocycles. The van der Waals surface area contributed by atoms with E-state index in [1.807, 2.05) is 19.1 Å². The third-order valence-corrected chi connectivity index (χ3v) is 3.19. The summed E-state index contributed by atoms with van der Waals surface area (Å²) in [7, 11) is 0. The number of nitriles is 1. The molecule has 0 aliphatic heterocycles. The molecule has 20 heavy (non-hydrogen) atoms. The third kappa shape index (κ3) is 2.98. The Balaban J connectivity index is 2.17. The number of anilines is 1. The van der Waals surface area contributed by atoms with Crippen molar-refractivity contribution in [3.8, 4) is 6.07 Å². The molecule has 0 unspecified atom stereocenters. The van der Waals surface area contributed by atoms with E-state index in [9.17, 15) is 4.79 Å². The van der Waals surface area contributed by atoms with Crippen LogP contribution in [0.5, 0.6) is 0 Å². The summed E-state index contributed by atoms with van der Waals surface area (Å²) in [6.07, 6.45) is 1.53. The van der Waals surface area contributed by atoms with Gasteiger partial charge in [-0.05, 0) is 24.6 Å². The van der Waals surface area contributed by atoms with Crippen molar-refractivity contribution in [1.82, 2.24) is 9.78 Å². The Kier molecular flexibility index (Phi) is 4.38. The van der Waals surface area contributed by atoms with Crippen molar-refractivity contribution < 1.29 is 0 Å². The van der Waals surface area contributed by atoms with Crippen molar-refractivity contribution in [2.24, 2.45) is 0 Å². The first-order valence-electron chi connectivity index (χ1n) is 6.14. The summed E-state index contributed by atoms with van der Waals surface area (Å²) in [5, 5.41) is 16.0. The number of hydrogen-bond acceptors (Lipinski definition) is 4. The first kappa shape index (κ1) is 14.1. The summed E-state index contributed by atoms with van der Waals surface area (Å²) in [5.41, 5.74) is 1.70. The first-order valence-corrected chi connectivity index (χ1v) is 6.52. The fourth-order valence-corrected chi connectivity index (χ4v) is 1.97. The summed E-state index contributed by atoms with van der Waals surface area (Å²) in [4.78, 5) is 11.8. The molecule has 1 aromatic carbocycles. The Morgan fingerprint density at radius 2 is 2.30 bits per heavy atom. The van der Waals surface area contributed by atoms with Crippen LogP contribution in [0.1, 0.15) is 18.1 Å². The summed E-state index contributed by atoms with van der Waals surface area (Å²) >= 11 is 6.01. The molecule has 2 rings (SSSR count). The summed E-state index contributed by atoms with van der Waals surface area (Å²) in [6.45, 7) is 2.76. The van der Waals surface area contributed by atoms with Gasteiger partial charge in [-0.25, -0.2) is 4.68 Å². The minimum atomic E-state index is -0.315. The SMILES string of the molecule is CCn1ncc(NCc2cccc(C#N)c2)c(Cl)c1=O. The Bertz CT molecular complexity index is 718. The Hall–Kier alpha value is -2.32. The minimum absolute atomic E-state index is 0.123. The summed E-state index contributed by atoms with van der Waals surface area (Å²) in [5.74, 6) is 0. The number of aryl methyl sites for hydroxylation is 1. The van der Waals surface area contributed by atoms with E-state index in [4.69, 9.17) is 16.9 Å². The third-order valence-electron chi connectivity index (χ3n) is 2.82. The van der Waals surface area contributed by atoms with Crippen molar-refractivity contribution >= 4 is 17.3 Å². The highest BCUT2D eigenvalue weighted by Gasteiger charge is 2.08. The maximum atomic E-state index is 11.8. The van der Waals surface area contributed by atoms with E-state index in [-0.39, 0.29) is 10.6 Å². The lowest BCUT2D eigenvalue weighted by atomic mass is 10.1. The zero-order chi connectivity index (χ0) is 14.5. The smallest absolute Gasteiger partial charge is 0.287 e. The average Bonchev–Trinajstić information content (AvgIpc) is 2.49. The molecule has 0 spiro atoms. The molecule has 0 bridgehead atoms. The normalized spacial score (nSPS) is 10.1. The lowest BCUT2D eigenvalue weighted by Crippen LogP contribution is -2.23. The molecule has 5 nitrogen and oxygen atoms in total. The van der Waals surface area contributed by atoms with Gasteiger partial charge in [0.05, 0.1) is 23.5 Å². The maximum absolute atomic E-state index is 11.8. The topological polar surface area (TPSA) is 70.7 Å². The molecule has 0 aliphatic rings. The standard InChI is InChI=1S/C14H13ClN4O/c1-2-19-14(20)13(15)12(9-18-19)17-8-11-5-3-4-10(6-11)7-16/h3-6,9,17H,2,8H2,1H3. The number of nitrogens with zero attached hydrogens (tertiary/aromatic N) is 3. The number of halogens is 1. The molecule has 102 valence electrons. The van der Waals surface area contributed by atoms with Crippen molar-refractivity contribution in [2.75, 3.05) is 5.32 Å². The summed E-state index contributed by atoms with van der Waals surface area (Å²) in [6, 6.07) is 9.30. The van der Waals surface area contributed by atoms with E-state index in [1.54, 1.807) is 12.1 Å². The number of benzene rings is 1. The predicted octanol–water partition coefficient (Wildman–Crippen LogP) is 2.40. The van der Waals surface area contributed by atoms with Crippen LogP contribution in [0.4, 0.5) is 5.69 Å². The Labute approximate surface area is 121 Å². The van der Waals surface area contributed by atoms with Crippen LogP contribution in [-0.4, -0.2) is 9.78 Å². The van der Waals surface area contributed by atoms with Gasteiger partial charge in [0, 0.05) is 13.1 Å².